The molecular formula is C20H26N2O4. The molecule has 0 bridgehead atoms. The summed E-state index contributed by atoms with van der Waals surface area (Å²) in [6.45, 7) is 4.03. The Labute approximate surface area is 153 Å². The second kappa shape index (κ2) is 7.98. The maximum atomic E-state index is 12.4. The van der Waals surface area contributed by atoms with Crippen LogP contribution in [0, 0.1) is 0 Å². The number of allylic oxidation sites excluding steroid dienone is 2. The van der Waals surface area contributed by atoms with Crippen molar-refractivity contribution in [1.29, 1.82) is 0 Å². The van der Waals surface area contributed by atoms with Crippen molar-refractivity contribution < 1.29 is 19.2 Å². The highest BCUT2D eigenvalue weighted by atomic mass is 16.5. The highest BCUT2D eigenvalue weighted by molar-refractivity contribution is 6.23. The summed E-state index contributed by atoms with van der Waals surface area (Å²) in [5.74, 6) is 0.849. The summed E-state index contributed by atoms with van der Waals surface area (Å²) in [6.07, 6.45) is 5.49. The van der Waals surface area contributed by atoms with Crippen LogP contribution in [0.2, 0.25) is 0 Å². The molecule has 2 aliphatic rings. The molecule has 6 nitrogen and oxygen atoms in total. The van der Waals surface area contributed by atoms with Crippen molar-refractivity contribution >= 4 is 17.3 Å². The standard InChI is InChI=1S/C20H26N2O4/c1-3-12(2)21-13(19-15(23)6-4-7-16(19)24)10-11-14-20-17(25)8-5-9-18(20)26-22-14/h12,23H,3-11H2,1-2H3. The number of ketones is 2. The largest absolute Gasteiger partial charge is 0.511 e. The normalized spacial score (nSPS) is 19.7. The molecule has 26 heavy (non-hydrogen) atoms. The molecule has 1 atom stereocenters. The molecular weight excluding hydrogens is 332 g/mol. The van der Waals surface area contributed by atoms with Gasteiger partial charge in [-0.15, -0.1) is 0 Å². The zero-order valence-corrected chi connectivity index (χ0v) is 15.5. The van der Waals surface area contributed by atoms with Crippen LogP contribution in [-0.2, 0) is 17.6 Å². The van der Waals surface area contributed by atoms with E-state index in [1.807, 2.05) is 13.8 Å². The Kier molecular flexibility index (Phi) is 5.69. The zero-order valence-electron chi connectivity index (χ0n) is 15.5. The summed E-state index contributed by atoms with van der Waals surface area (Å²) in [4.78, 5) is 29.3. The molecule has 6 heteroatoms. The number of hydrogen-bond acceptors (Lipinski definition) is 6. The summed E-state index contributed by atoms with van der Waals surface area (Å²) >= 11 is 0. The highest BCUT2D eigenvalue weighted by Gasteiger charge is 2.28. The minimum Gasteiger partial charge on any atom is -0.511 e. The summed E-state index contributed by atoms with van der Waals surface area (Å²) in [6, 6.07) is 0.0629. The molecule has 1 unspecified atom stereocenters. The maximum Gasteiger partial charge on any atom is 0.168 e. The van der Waals surface area contributed by atoms with Crippen LogP contribution in [0.1, 0.15) is 80.6 Å². The minimum absolute atomic E-state index is 0.0472. The Morgan fingerprint density at radius 1 is 1.19 bits per heavy atom. The summed E-state index contributed by atoms with van der Waals surface area (Å²) in [5.41, 5.74) is 2.26. The second-order valence-corrected chi connectivity index (χ2v) is 7.14. The monoisotopic (exact) mass is 358 g/mol. The van der Waals surface area contributed by atoms with Gasteiger partial charge in [-0.1, -0.05) is 12.1 Å². The molecule has 0 spiro atoms. The first-order chi connectivity index (χ1) is 12.5. The summed E-state index contributed by atoms with van der Waals surface area (Å²) < 4.78 is 5.34. The van der Waals surface area contributed by atoms with Crippen molar-refractivity contribution in [3.8, 4) is 0 Å². The van der Waals surface area contributed by atoms with Gasteiger partial charge in [-0.25, -0.2) is 0 Å². The lowest BCUT2D eigenvalue weighted by molar-refractivity contribution is -0.115. The van der Waals surface area contributed by atoms with Gasteiger partial charge in [0.15, 0.2) is 11.6 Å². The number of carbonyl (C=O) groups excluding carboxylic acids is 2. The van der Waals surface area contributed by atoms with Crippen molar-refractivity contribution in [2.75, 3.05) is 0 Å². The molecule has 0 radical (unpaired) electrons. The van der Waals surface area contributed by atoms with Gasteiger partial charge in [-0.3, -0.25) is 14.6 Å². The molecule has 0 aliphatic heterocycles. The number of aliphatic imine (C=N–C) groups is 1. The molecule has 0 fully saturated rings. The van der Waals surface area contributed by atoms with E-state index in [1.54, 1.807) is 0 Å². The Hall–Kier alpha value is -2.24. The molecule has 0 aromatic carbocycles. The molecule has 0 amide bonds. The van der Waals surface area contributed by atoms with E-state index in [1.165, 1.54) is 0 Å². The SMILES string of the molecule is CCC(C)N=C(CCc1noc2c1C(=O)CCC2)C1=C(O)CCCC1=O. The number of Topliss-reactive ketones (excluding diaryl/α,β-unsaturated/α-hetero) is 2. The topological polar surface area (TPSA) is 92.8 Å². The van der Waals surface area contributed by atoms with E-state index in [0.717, 1.165) is 19.3 Å². The third-order valence-corrected chi connectivity index (χ3v) is 5.16. The van der Waals surface area contributed by atoms with E-state index in [4.69, 9.17) is 4.52 Å². The number of aromatic nitrogens is 1. The first kappa shape index (κ1) is 18.5. The van der Waals surface area contributed by atoms with E-state index in [9.17, 15) is 14.7 Å². The Bertz CT molecular complexity index is 773. The first-order valence-electron chi connectivity index (χ1n) is 9.54. The van der Waals surface area contributed by atoms with Crippen LogP contribution in [0.5, 0.6) is 0 Å². The van der Waals surface area contributed by atoms with Crippen LogP contribution in [-0.4, -0.2) is 33.6 Å². The fourth-order valence-electron chi connectivity index (χ4n) is 3.56. The van der Waals surface area contributed by atoms with Crippen molar-refractivity contribution in [1.82, 2.24) is 5.16 Å². The molecule has 2 aliphatic carbocycles. The zero-order chi connectivity index (χ0) is 18.7. The van der Waals surface area contributed by atoms with E-state index < -0.39 is 0 Å². The fraction of sp³-hybridized carbons (Fsp3) is 0.600. The van der Waals surface area contributed by atoms with Gasteiger partial charge < -0.3 is 9.63 Å². The lowest BCUT2D eigenvalue weighted by atomic mass is 9.89. The third kappa shape index (κ3) is 3.79. The minimum atomic E-state index is -0.0472. The lowest BCUT2D eigenvalue weighted by Gasteiger charge is -2.18. The average molecular weight is 358 g/mol. The quantitative estimate of drug-likeness (QED) is 0.778. The van der Waals surface area contributed by atoms with E-state index >= 15 is 0 Å². The average Bonchev–Trinajstić information content (AvgIpc) is 3.03. The first-order valence-corrected chi connectivity index (χ1v) is 9.54. The summed E-state index contributed by atoms with van der Waals surface area (Å²) in [5, 5.41) is 14.4. The van der Waals surface area contributed by atoms with Crippen LogP contribution in [0.4, 0.5) is 0 Å². The van der Waals surface area contributed by atoms with Crippen molar-refractivity contribution in [3.63, 3.8) is 0 Å². The lowest BCUT2D eigenvalue weighted by Crippen LogP contribution is -2.22. The van der Waals surface area contributed by atoms with Gasteiger partial charge in [0.25, 0.3) is 0 Å². The number of rotatable bonds is 6. The van der Waals surface area contributed by atoms with Gasteiger partial charge in [0.2, 0.25) is 0 Å². The van der Waals surface area contributed by atoms with Crippen LogP contribution >= 0.6 is 0 Å². The van der Waals surface area contributed by atoms with Crippen LogP contribution in [0.15, 0.2) is 20.8 Å². The molecule has 3 rings (SSSR count). The molecule has 0 saturated heterocycles. The predicted octanol–water partition coefficient (Wildman–Crippen LogP) is 3.93. The number of nitrogens with zero attached hydrogens (tertiary/aromatic N) is 2. The molecule has 1 aromatic heterocycles. The van der Waals surface area contributed by atoms with E-state index in [-0.39, 0.29) is 23.4 Å². The Morgan fingerprint density at radius 3 is 2.65 bits per heavy atom. The van der Waals surface area contributed by atoms with Gasteiger partial charge in [-0.05, 0) is 39.0 Å². The maximum absolute atomic E-state index is 12.4. The van der Waals surface area contributed by atoms with Crippen LogP contribution in [0.25, 0.3) is 0 Å². The predicted molar refractivity (Wildman–Crippen MR) is 97.8 cm³/mol. The van der Waals surface area contributed by atoms with Gasteiger partial charge in [0.1, 0.15) is 11.5 Å². The van der Waals surface area contributed by atoms with Crippen LogP contribution < -0.4 is 0 Å². The summed E-state index contributed by atoms with van der Waals surface area (Å²) in [7, 11) is 0. The molecule has 1 N–H and O–H groups in total. The second-order valence-electron chi connectivity index (χ2n) is 7.14. The van der Waals surface area contributed by atoms with Crippen molar-refractivity contribution in [2.24, 2.45) is 4.99 Å². The van der Waals surface area contributed by atoms with Crippen LogP contribution in [0.3, 0.4) is 0 Å². The molecule has 1 heterocycles. The smallest absolute Gasteiger partial charge is 0.168 e. The number of aryl methyl sites for hydroxylation is 2. The number of aliphatic hydroxyl groups is 1. The Balaban J connectivity index is 1.86. The third-order valence-electron chi connectivity index (χ3n) is 5.16. The highest BCUT2D eigenvalue weighted by Crippen LogP contribution is 2.27. The van der Waals surface area contributed by atoms with Gasteiger partial charge in [0, 0.05) is 37.4 Å². The number of fused-ring (bicyclic) bond motifs is 1. The number of hydrogen-bond donors (Lipinski definition) is 1. The van der Waals surface area contributed by atoms with Crippen molar-refractivity contribution in [2.45, 2.75) is 77.7 Å². The number of aliphatic hydroxyl groups excluding tert-OH is 1. The van der Waals surface area contributed by atoms with E-state index in [2.05, 4.69) is 10.1 Å². The molecule has 1 aromatic rings. The Morgan fingerprint density at radius 2 is 1.92 bits per heavy atom. The van der Waals surface area contributed by atoms with Gasteiger partial charge in [-0.2, -0.15) is 0 Å². The van der Waals surface area contributed by atoms with Crippen molar-refractivity contribution in [3.05, 3.63) is 28.3 Å². The van der Waals surface area contributed by atoms with Gasteiger partial charge in [0.05, 0.1) is 16.8 Å². The molecule has 140 valence electrons. The fourth-order valence-corrected chi connectivity index (χ4v) is 3.56. The van der Waals surface area contributed by atoms with E-state index in [0.29, 0.717) is 66.8 Å². The number of carbonyl (C=O) groups is 2. The molecule has 0 saturated carbocycles. The van der Waals surface area contributed by atoms with Gasteiger partial charge >= 0.3 is 0 Å².